The maximum Gasteiger partial charge on any atom is 0.316 e. The summed E-state index contributed by atoms with van der Waals surface area (Å²) in [5.74, 6) is 0.828. The molecule has 110 valence electrons. The lowest BCUT2D eigenvalue weighted by Gasteiger charge is -2.25. The highest BCUT2D eigenvalue weighted by atomic mass is 16.5. The average Bonchev–Trinajstić information content (AvgIpc) is 2.51. The van der Waals surface area contributed by atoms with E-state index in [1.165, 1.54) is 18.4 Å². The van der Waals surface area contributed by atoms with Gasteiger partial charge in [0.2, 0.25) is 0 Å². The van der Waals surface area contributed by atoms with Gasteiger partial charge in [0.15, 0.2) is 0 Å². The molecule has 2 aromatic rings. The van der Waals surface area contributed by atoms with Crippen molar-refractivity contribution in [1.82, 2.24) is 9.97 Å². The van der Waals surface area contributed by atoms with Crippen molar-refractivity contribution in [3.63, 3.8) is 0 Å². The van der Waals surface area contributed by atoms with Gasteiger partial charge >= 0.3 is 6.01 Å². The topological polar surface area (TPSA) is 35.0 Å². The fraction of sp³-hybridized carbons (Fsp3) is 0.444. The summed E-state index contributed by atoms with van der Waals surface area (Å²) >= 11 is 0. The van der Waals surface area contributed by atoms with Crippen molar-refractivity contribution in [1.29, 1.82) is 0 Å². The number of ether oxygens (including phenoxy) is 1. The molecule has 0 unspecified atom stereocenters. The molecule has 1 saturated carbocycles. The van der Waals surface area contributed by atoms with E-state index in [1.807, 2.05) is 12.4 Å². The summed E-state index contributed by atoms with van der Waals surface area (Å²) in [7, 11) is 0. The van der Waals surface area contributed by atoms with Gasteiger partial charge in [-0.2, -0.15) is 0 Å². The molecule has 3 nitrogen and oxygen atoms in total. The number of aromatic nitrogens is 2. The van der Waals surface area contributed by atoms with E-state index >= 15 is 0 Å². The van der Waals surface area contributed by atoms with Crippen LogP contribution in [0.1, 0.15) is 38.2 Å². The molecule has 0 atom stereocenters. The first-order valence-electron chi connectivity index (χ1n) is 7.76. The Labute approximate surface area is 126 Å². The van der Waals surface area contributed by atoms with E-state index in [2.05, 4.69) is 48.1 Å². The van der Waals surface area contributed by atoms with Crippen LogP contribution in [0.4, 0.5) is 0 Å². The predicted octanol–water partition coefficient (Wildman–Crippen LogP) is 4.41. The molecule has 21 heavy (non-hydrogen) atoms. The minimum absolute atomic E-state index is 0.284. The lowest BCUT2D eigenvalue weighted by atomic mass is 9.89. The zero-order chi connectivity index (χ0) is 14.7. The number of rotatable bonds is 3. The Bertz CT molecular complexity index is 569. The minimum Gasteiger partial charge on any atom is -0.460 e. The highest BCUT2D eigenvalue weighted by Crippen LogP contribution is 2.26. The zero-order valence-corrected chi connectivity index (χ0v) is 12.7. The number of hydrogen-bond acceptors (Lipinski definition) is 3. The third kappa shape index (κ3) is 3.60. The number of hydrogen-bond donors (Lipinski definition) is 0. The van der Waals surface area contributed by atoms with E-state index in [4.69, 9.17) is 4.74 Å². The summed E-state index contributed by atoms with van der Waals surface area (Å²) in [6.07, 6.45) is 8.69. The van der Waals surface area contributed by atoms with E-state index in [0.29, 0.717) is 6.01 Å². The van der Waals surface area contributed by atoms with Crippen LogP contribution in [0.15, 0.2) is 36.7 Å². The summed E-state index contributed by atoms with van der Waals surface area (Å²) in [6.45, 7) is 4.39. The first kappa shape index (κ1) is 14.1. The third-order valence-corrected chi connectivity index (χ3v) is 4.25. The summed E-state index contributed by atoms with van der Waals surface area (Å²) < 4.78 is 5.89. The predicted molar refractivity (Wildman–Crippen MR) is 84.3 cm³/mol. The number of nitrogens with zero attached hydrogens (tertiary/aromatic N) is 2. The van der Waals surface area contributed by atoms with Gasteiger partial charge in [0.1, 0.15) is 6.10 Å². The Morgan fingerprint density at radius 2 is 1.52 bits per heavy atom. The largest absolute Gasteiger partial charge is 0.460 e. The van der Waals surface area contributed by atoms with Crippen LogP contribution in [0, 0.1) is 12.8 Å². The van der Waals surface area contributed by atoms with Crippen molar-refractivity contribution in [3.05, 3.63) is 42.2 Å². The molecular weight excluding hydrogens is 260 g/mol. The van der Waals surface area contributed by atoms with Crippen LogP contribution < -0.4 is 4.74 Å². The zero-order valence-electron chi connectivity index (χ0n) is 12.7. The maximum absolute atomic E-state index is 5.89. The molecule has 1 heterocycles. The lowest BCUT2D eigenvalue weighted by molar-refractivity contribution is 0.124. The molecule has 1 aromatic carbocycles. The van der Waals surface area contributed by atoms with E-state index in [0.717, 1.165) is 29.9 Å². The van der Waals surface area contributed by atoms with E-state index in [9.17, 15) is 0 Å². The molecule has 0 radical (unpaired) electrons. The third-order valence-electron chi connectivity index (χ3n) is 4.25. The van der Waals surface area contributed by atoms with E-state index in [1.54, 1.807) is 0 Å². The monoisotopic (exact) mass is 282 g/mol. The van der Waals surface area contributed by atoms with Crippen molar-refractivity contribution in [3.8, 4) is 17.1 Å². The molecule has 3 heteroatoms. The molecule has 1 fully saturated rings. The van der Waals surface area contributed by atoms with Crippen molar-refractivity contribution in [2.24, 2.45) is 5.92 Å². The summed E-state index contributed by atoms with van der Waals surface area (Å²) in [6, 6.07) is 8.89. The quantitative estimate of drug-likeness (QED) is 0.836. The van der Waals surface area contributed by atoms with Crippen LogP contribution in [0.3, 0.4) is 0 Å². The van der Waals surface area contributed by atoms with E-state index in [-0.39, 0.29) is 6.10 Å². The highest BCUT2D eigenvalue weighted by Gasteiger charge is 2.20. The van der Waals surface area contributed by atoms with Crippen molar-refractivity contribution in [2.75, 3.05) is 0 Å². The first-order valence-corrected chi connectivity index (χ1v) is 7.76. The van der Waals surface area contributed by atoms with Crippen LogP contribution in [0.25, 0.3) is 11.1 Å². The van der Waals surface area contributed by atoms with Gasteiger partial charge in [0.25, 0.3) is 0 Å². The normalized spacial score (nSPS) is 22.0. The van der Waals surface area contributed by atoms with E-state index < -0.39 is 0 Å². The second-order valence-electron chi connectivity index (χ2n) is 6.12. The Hall–Kier alpha value is -1.90. The van der Waals surface area contributed by atoms with Crippen LogP contribution in [-0.4, -0.2) is 16.1 Å². The molecule has 1 aromatic heterocycles. The first-order chi connectivity index (χ1) is 10.2. The van der Waals surface area contributed by atoms with Gasteiger partial charge in [-0.3, -0.25) is 0 Å². The van der Waals surface area contributed by atoms with Crippen LogP contribution in [0.2, 0.25) is 0 Å². The van der Waals surface area contributed by atoms with Crippen LogP contribution >= 0.6 is 0 Å². The Morgan fingerprint density at radius 3 is 2.14 bits per heavy atom. The van der Waals surface area contributed by atoms with Crippen molar-refractivity contribution < 1.29 is 4.74 Å². The van der Waals surface area contributed by atoms with Gasteiger partial charge in [-0.25, -0.2) is 9.97 Å². The van der Waals surface area contributed by atoms with Gasteiger partial charge in [0.05, 0.1) is 0 Å². The smallest absolute Gasteiger partial charge is 0.316 e. The lowest BCUT2D eigenvalue weighted by Crippen LogP contribution is -2.23. The van der Waals surface area contributed by atoms with Gasteiger partial charge in [-0.05, 0) is 44.1 Å². The highest BCUT2D eigenvalue weighted by molar-refractivity contribution is 5.61. The van der Waals surface area contributed by atoms with Crippen molar-refractivity contribution >= 4 is 0 Å². The molecule has 0 aliphatic heterocycles. The molecule has 1 aliphatic carbocycles. The second-order valence-corrected chi connectivity index (χ2v) is 6.12. The Morgan fingerprint density at radius 1 is 0.905 bits per heavy atom. The van der Waals surface area contributed by atoms with Gasteiger partial charge < -0.3 is 4.74 Å². The molecule has 0 N–H and O–H groups in total. The fourth-order valence-corrected chi connectivity index (χ4v) is 2.77. The summed E-state index contributed by atoms with van der Waals surface area (Å²) in [4.78, 5) is 8.71. The minimum atomic E-state index is 0.284. The van der Waals surface area contributed by atoms with Gasteiger partial charge in [0, 0.05) is 18.0 Å². The van der Waals surface area contributed by atoms with Crippen LogP contribution in [-0.2, 0) is 0 Å². The Balaban J connectivity index is 1.65. The van der Waals surface area contributed by atoms with Crippen molar-refractivity contribution in [2.45, 2.75) is 45.6 Å². The SMILES string of the molecule is Cc1ccc(-c2cnc(OC3CCC(C)CC3)nc2)cc1. The molecule has 0 saturated heterocycles. The molecule has 0 spiro atoms. The van der Waals surface area contributed by atoms with Crippen LogP contribution in [0.5, 0.6) is 6.01 Å². The second kappa shape index (κ2) is 6.25. The Kier molecular flexibility index (Phi) is 4.18. The summed E-state index contributed by atoms with van der Waals surface area (Å²) in [5.41, 5.74) is 3.42. The molecule has 1 aliphatic rings. The maximum atomic E-state index is 5.89. The number of aryl methyl sites for hydroxylation is 1. The molecule has 3 rings (SSSR count). The summed E-state index contributed by atoms with van der Waals surface area (Å²) in [5, 5.41) is 0. The molecule has 0 amide bonds. The fourth-order valence-electron chi connectivity index (χ4n) is 2.77. The molecule has 0 bridgehead atoms. The van der Waals surface area contributed by atoms with Gasteiger partial charge in [-0.1, -0.05) is 36.8 Å². The molecular formula is C18H22N2O. The number of benzene rings is 1. The average molecular weight is 282 g/mol. The van der Waals surface area contributed by atoms with Gasteiger partial charge in [-0.15, -0.1) is 0 Å². The standard InChI is InChI=1S/C18H22N2O/c1-13-3-7-15(8-4-13)16-11-19-18(20-12-16)21-17-9-5-14(2)6-10-17/h3-4,7-8,11-12,14,17H,5-6,9-10H2,1-2H3.